The topological polar surface area (TPSA) is 91.5 Å². The first kappa shape index (κ1) is 15.7. The molecule has 0 saturated carbocycles. The molecule has 1 aromatic heterocycles. The van der Waals surface area contributed by atoms with Gasteiger partial charge in [0.2, 0.25) is 10.0 Å². The third-order valence-corrected chi connectivity index (χ3v) is 3.80. The number of nitrogens with zero attached hydrogens (tertiary/aromatic N) is 1. The molecule has 2 aromatic rings. The Bertz CT molecular complexity index is 716. The van der Waals surface area contributed by atoms with Crippen LogP contribution in [0.2, 0.25) is 0 Å². The maximum atomic E-state index is 11.6. The Morgan fingerprint density at radius 2 is 2.00 bits per heavy atom. The van der Waals surface area contributed by atoms with Crippen molar-refractivity contribution in [1.29, 1.82) is 0 Å². The van der Waals surface area contributed by atoms with Gasteiger partial charge in [0.05, 0.1) is 11.5 Å². The number of fused-ring (bicyclic) bond motifs is 1. The molecule has 1 heterocycles. The lowest BCUT2D eigenvalue weighted by molar-refractivity contribution is 0.101. The second-order valence-corrected chi connectivity index (χ2v) is 6.00. The van der Waals surface area contributed by atoms with Gasteiger partial charge in [-0.25, -0.2) is 13.6 Å². The van der Waals surface area contributed by atoms with Crippen LogP contribution in [0.25, 0.3) is 10.9 Å². The smallest absolute Gasteiger partial charge is 0.238 e. The molecule has 0 atom stereocenters. The molecule has 0 saturated heterocycles. The largest absolute Gasteiger partial charge is 0.489 e. The molecule has 0 aliphatic carbocycles. The number of aromatic nitrogens is 1. The summed E-state index contributed by atoms with van der Waals surface area (Å²) in [6.07, 6.45) is 2.53. The first-order valence-corrected chi connectivity index (χ1v) is 8.19. The first-order valence-electron chi connectivity index (χ1n) is 6.65. The van der Waals surface area contributed by atoms with Gasteiger partial charge in [-0.15, -0.1) is 0 Å². The predicted octanol–water partition coefficient (Wildman–Crippen LogP) is 1.69. The van der Waals surface area contributed by atoms with Crippen molar-refractivity contribution in [1.82, 2.24) is 4.98 Å². The van der Waals surface area contributed by atoms with Crippen LogP contribution in [0.15, 0.2) is 35.4 Å². The van der Waals surface area contributed by atoms with E-state index in [1.807, 2.05) is 6.92 Å². The molecule has 0 aliphatic rings. The van der Waals surface area contributed by atoms with Crippen LogP contribution in [0.3, 0.4) is 0 Å². The van der Waals surface area contributed by atoms with Crippen LogP contribution in [0.4, 0.5) is 0 Å². The molecule has 0 amide bonds. The number of nitrogens with two attached hydrogens (primary N) is 1. The number of sulfonamides is 1. The van der Waals surface area contributed by atoms with E-state index < -0.39 is 10.0 Å². The molecular formula is C14H18N2O4S. The minimum Gasteiger partial charge on any atom is -0.489 e. The number of benzene rings is 1. The van der Waals surface area contributed by atoms with Crippen molar-refractivity contribution in [2.75, 3.05) is 19.8 Å². The molecule has 6 nitrogen and oxygen atoms in total. The lowest BCUT2D eigenvalue weighted by atomic mass is 10.2. The van der Waals surface area contributed by atoms with E-state index in [9.17, 15) is 8.42 Å². The highest BCUT2D eigenvalue weighted by molar-refractivity contribution is 7.89. The molecule has 0 aliphatic heterocycles. The second kappa shape index (κ2) is 6.84. The quantitative estimate of drug-likeness (QED) is 0.786. The summed E-state index contributed by atoms with van der Waals surface area (Å²) in [6.45, 7) is 3.57. The van der Waals surface area contributed by atoms with E-state index in [4.69, 9.17) is 14.6 Å². The third-order valence-electron chi connectivity index (χ3n) is 2.83. The van der Waals surface area contributed by atoms with Crippen LogP contribution >= 0.6 is 0 Å². The molecule has 21 heavy (non-hydrogen) atoms. The highest BCUT2D eigenvalue weighted by atomic mass is 32.2. The fourth-order valence-corrected chi connectivity index (χ4v) is 2.67. The molecule has 0 bridgehead atoms. The van der Waals surface area contributed by atoms with Crippen molar-refractivity contribution in [3.63, 3.8) is 0 Å². The Morgan fingerprint density at radius 1 is 1.19 bits per heavy atom. The Kier molecular flexibility index (Phi) is 5.11. The summed E-state index contributed by atoms with van der Waals surface area (Å²) in [6, 6.07) is 6.31. The van der Waals surface area contributed by atoms with Gasteiger partial charge in [0.25, 0.3) is 0 Å². The molecule has 0 radical (unpaired) electrons. The zero-order valence-corrected chi connectivity index (χ0v) is 12.6. The molecule has 114 valence electrons. The van der Waals surface area contributed by atoms with Gasteiger partial charge >= 0.3 is 0 Å². The summed E-state index contributed by atoms with van der Waals surface area (Å²) in [5.74, 6) is 0.512. The van der Waals surface area contributed by atoms with E-state index >= 15 is 0 Å². The molecule has 2 N–H and O–H groups in total. The van der Waals surface area contributed by atoms with Gasteiger partial charge in [-0.1, -0.05) is 6.92 Å². The molecule has 1 aromatic carbocycles. The van der Waals surface area contributed by atoms with Gasteiger partial charge in [-0.2, -0.15) is 0 Å². The number of rotatable bonds is 7. The SMILES string of the molecule is CCCOCCOc1ccc(S(N)(=O)=O)c2cccnc12. The predicted molar refractivity (Wildman–Crippen MR) is 79.7 cm³/mol. The third kappa shape index (κ3) is 3.90. The van der Waals surface area contributed by atoms with Crippen LogP contribution < -0.4 is 9.88 Å². The van der Waals surface area contributed by atoms with E-state index in [2.05, 4.69) is 4.98 Å². The second-order valence-electron chi connectivity index (χ2n) is 4.47. The Hall–Kier alpha value is -1.70. The monoisotopic (exact) mass is 310 g/mol. The van der Waals surface area contributed by atoms with E-state index in [0.717, 1.165) is 6.42 Å². The van der Waals surface area contributed by atoms with Crippen LogP contribution in [0.1, 0.15) is 13.3 Å². The minimum absolute atomic E-state index is 0.0418. The zero-order valence-electron chi connectivity index (χ0n) is 11.8. The number of hydrogen-bond donors (Lipinski definition) is 1. The maximum absolute atomic E-state index is 11.6. The molecule has 2 rings (SSSR count). The Morgan fingerprint density at radius 3 is 2.71 bits per heavy atom. The van der Waals surface area contributed by atoms with Crippen molar-refractivity contribution in [2.24, 2.45) is 5.14 Å². The number of ether oxygens (including phenoxy) is 2. The summed E-state index contributed by atoms with van der Waals surface area (Å²) in [5.41, 5.74) is 0.472. The molecular weight excluding hydrogens is 292 g/mol. The standard InChI is InChI=1S/C14H18N2O4S/c1-2-8-19-9-10-20-12-5-6-13(21(15,17)18)11-4-3-7-16-14(11)12/h3-7H,2,8-10H2,1H3,(H2,15,17,18). The summed E-state index contributed by atoms with van der Waals surface area (Å²) < 4.78 is 34.1. The maximum Gasteiger partial charge on any atom is 0.238 e. The van der Waals surface area contributed by atoms with Crippen LogP contribution in [0.5, 0.6) is 5.75 Å². The molecule has 0 spiro atoms. The minimum atomic E-state index is -3.80. The van der Waals surface area contributed by atoms with Crippen molar-refractivity contribution in [3.05, 3.63) is 30.5 Å². The molecule has 7 heteroatoms. The van der Waals surface area contributed by atoms with Crippen molar-refractivity contribution >= 4 is 20.9 Å². The highest BCUT2D eigenvalue weighted by Gasteiger charge is 2.15. The Balaban J connectivity index is 2.26. The summed E-state index contributed by atoms with van der Waals surface area (Å²) in [4.78, 5) is 4.23. The zero-order chi connectivity index (χ0) is 15.3. The van der Waals surface area contributed by atoms with Gasteiger partial charge < -0.3 is 9.47 Å². The van der Waals surface area contributed by atoms with Gasteiger partial charge in [0, 0.05) is 18.2 Å². The average molecular weight is 310 g/mol. The summed E-state index contributed by atoms with van der Waals surface area (Å²) in [7, 11) is -3.80. The van der Waals surface area contributed by atoms with Crippen LogP contribution in [-0.4, -0.2) is 33.2 Å². The van der Waals surface area contributed by atoms with E-state index in [1.54, 1.807) is 24.4 Å². The van der Waals surface area contributed by atoms with Gasteiger partial charge in [0.1, 0.15) is 17.9 Å². The Labute approximate surface area is 123 Å². The average Bonchev–Trinajstić information content (AvgIpc) is 2.45. The van der Waals surface area contributed by atoms with Gasteiger partial charge in [0.15, 0.2) is 0 Å². The van der Waals surface area contributed by atoms with Crippen molar-refractivity contribution in [2.45, 2.75) is 18.2 Å². The first-order chi connectivity index (χ1) is 10.0. The lowest BCUT2D eigenvalue weighted by Crippen LogP contribution is -2.13. The summed E-state index contributed by atoms with van der Waals surface area (Å²) >= 11 is 0. The van der Waals surface area contributed by atoms with Gasteiger partial charge in [-0.3, -0.25) is 4.98 Å². The van der Waals surface area contributed by atoms with Crippen molar-refractivity contribution < 1.29 is 17.9 Å². The fraction of sp³-hybridized carbons (Fsp3) is 0.357. The van der Waals surface area contributed by atoms with Crippen LogP contribution in [-0.2, 0) is 14.8 Å². The van der Waals surface area contributed by atoms with E-state index in [1.165, 1.54) is 6.07 Å². The molecule has 0 unspecified atom stereocenters. The van der Waals surface area contributed by atoms with Crippen molar-refractivity contribution in [3.8, 4) is 5.75 Å². The van der Waals surface area contributed by atoms with Gasteiger partial charge in [-0.05, 0) is 30.7 Å². The normalized spacial score (nSPS) is 11.7. The molecule has 0 fully saturated rings. The number of pyridine rings is 1. The lowest BCUT2D eigenvalue weighted by Gasteiger charge is -2.11. The highest BCUT2D eigenvalue weighted by Crippen LogP contribution is 2.28. The summed E-state index contributed by atoms with van der Waals surface area (Å²) in [5, 5.41) is 5.66. The number of primary sulfonamides is 1. The number of hydrogen-bond acceptors (Lipinski definition) is 5. The van der Waals surface area contributed by atoms with E-state index in [-0.39, 0.29) is 4.90 Å². The van der Waals surface area contributed by atoms with Crippen LogP contribution in [0, 0.1) is 0 Å². The fourth-order valence-electron chi connectivity index (χ4n) is 1.94. The van der Waals surface area contributed by atoms with E-state index in [0.29, 0.717) is 36.5 Å².